The van der Waals surface area contributed by atoms with E-state index >= 15 is 0 Å². The molecule has 1 aromatic rings. The molecule has 3 saturated heterocycles. The summed E-state index contributed by atoms with van der Waals surface area (Å²) < 4.78 is 0. The minimum atomic E-state index is -0.840. The van der Waals surface area contributed by atoms with Crippen molar-refractivity contribution in [2.45, 2.75) is 37.3 Å². The maximum absolute atomic E-state index is 11.2. The Kier molecular flexibility index (Phi) is 3.48. The third-order valence-electron chi connectivity index (χ3n) is 5.54. The molecule has 0 radical (unpaired) electrons. The van der Waals surface area contributed by atoms with E-state index in [0.717, 1.165) is 18.5 Å². The van der Waals surface area contributed by atoms with Crippen molar-refractivity contribution in [2.75, 3.05) is 6.54 Å². The number of nitrogens with zero attached hydrogens (tertiary/aromatic N) is 1. The predicted octanol–water partition coefficient (Wildman–Crippen LogP) is 3.95. The number of rotatable bonds is 2. The molecule has 22 heavy (non-hydrogen) atoms. The topological polar surface area (TPSA) is 40.5 Å². The lowest BCUT2D eigenvalue weighted by atomic mass is 9.76. The molecule has 0 saturated carbocycles. The number of carboxylic acid groups (broad SMARTS) is 1. The molecular weight excluding hydrogens is 321 g/mol. The van der Waals surface area contributed by atoms with Crippen LogP contribution in [-0.4, -0.2) is 34.6 Å². The van der Waals surface area contributed by atoms with Gasteiger partial charge in [0.25, 0.3) is 0 Å². The van der Waals surface area contributed by atoms with Crippen LogP contribution in [0.4, 0.5) is 0 Å². The van der Waals surface area contributed by atoms with Crippen LogP contribution in [0.3, 0.4) is 0 Å². The Balaban J connectivity index is 1.76. The lowest BCUT2D eigenvalue weighted by Gasteiger charge is -2.37. The van der Waals surface area contributed by atoms with Crippen LogP contribution in [0, 0.1) is 5.92 Å². The third-order valence-corrected chi connectivity index (χ3v) is 6.28. The molecule has 3 nitrogen and oxygen atoms in total. The molecular formula is C17H17Cl2NO2. The van der Waals surface area contributed by atoms with Gasteiger partial charge in [0.1, 0.15) is 0 Å². The summed E-state index contributed by atoms with van der Waals surface area (Å²) in [6.07, 6.45) is 4.90. The highest BCUT2D eigenvalue weighted by molar-refractivity contribution is 6.42. The van der Waals surface area contributed by atoms with Gasteiger partial charge < -0.3 is 5.11 Å². The summed E-state index contributed by atoms with van der Waals surface area (Å²) >= 11 is 12.2. The van der Waals surface area contributed by atoms with Gasteiger partial charge in [-0.15, -0.1) is 0 Å². The fourth-order valence-electron chi connectivity index (χ4n) is 4.77. The molecule has 116 valence electrons. The average Bonchev–Trinajstić information content (AvgIpc) is 2.87. The average molecular weight is 338 g/mol. The molecule has 3 aliphatic heterocycles. The van der Waals surface area contributed by atoms with Gasteiger partial charge in [-0.2, -0.15) is 0 Å². The summed E-state index contributed by atoms with van der Waals surface area (Å²) in [6.45, 7) is 0.810. The SMILES string of the molecule is O=C(O)C=C1CN2C3CCC2C1C(c1ccc(Cl)c(Cl)c1)C3. The molecule has 3 fully saturated rings. The zero-order chi connectivity index (χ0) is 15.4. The Hall–Kier alpha value is -1.03. The summed E-state index contributed by atoms with van der Waals surface area (Å²) in [6, 6.07) is 6.91. The van der Waals surface area contributed by atoms with Gasteiger partial charge in [0.05, 0.1) is 10.0 Å². The van der Waals surface area contributed by atoms with Crippen molar-refractivity contribution in [1.29, 1.82) is 0 Å². The molecule has 4 rings (SSSR count). The number of carboxylic acids is 1. The number of hydrogen-bond donors (Lipinski definition) is 1. The predicted molar refractivity (Wildman–Crippen MR) is 86.5 cm³/mol. The van der Waals surface area contributed by atoms with Gasteiger partial charge in [-0.1, -0.05) is 29.3 Å². The van der Waals surface area contributed by atoms with E-state index in [0.29, 0.717) is 34.0 Å². The smallest absolute Gasteiger partial charge is 0.328 e. The maximum Gasteiger partial charge on any atom is 0.328 e. The Labute approximate surface area is 139 Å². The van der Waals surface area contributed by atoms with Gasteiger partial charge in [0.15, 0.2) is 0 Å². The Morgan fingerprint density at radius 1 is 1.27 bits per heavy atom. The van der Waals surface area contributed by atoms with E-state index in [-0.39, 0.29) is 0 Å². The summed E-state index contributed by atoms with van der Waals surface area (Å²) in [5.41, 5.74) is 2.25. The second kappa shape index (κ2) is 5.26. The van der Waals surface area contributed by atoms with E-state index in [1.807, 2.05) is 18.2 Å². The molecule has 4 bridgehead atoms. The van der Waals surface area contributed by atoms with Crippen LogP contribution >= 0.6 is 23.2 Å². The Morgan fingerprint density at radius 3 is 2.82 bits per heavy atom. The first-order chi connectivity index (χ1) is 10.5. The van der Waals surface area contributed by atoms with Crippen molar-refractivity contribution in [1.82, 2.24) is 4.90 Å². The zero-order valence-electron chi connectivity index (χ0n) is 12.0. The number of aliphatic carboxylic acids is 1. The van der Waals surface area contributed by atoms with Crippen molar-refractivity contribution in [3.05, 3.63) is 45.5 Å². The minimum Gasteiger partial charge on any atom is -0.478 e. The van der Waals surface area contributed by atoms with Crippen LogP contribution < -0.4 is 0 Å². The largest absolute Gasteiger partial charge is 0.478 e. The number of benzene rings is 1. The first-order valence-electron chi connectivity index (χ1n) is 7.68. The minimum absolute atomic E-state index is 0.298. The molecule has 5 atom stereocenters. The van der Waals surface area contributed by atoms with E-state index < -0.39 is 5.97 Å². The highest BCUT2D eigenvalue weighted by atomic mass is 35.5. The molecule has 1 N–H and O–H groups in total. The summed E-state index contributed by atoms with van der Waals surface area (Å²) in [5, 5.41) is 10.3. The summed E-state index contributed by atoms with van der Waals surface area (Å²) in [4.78, 5) is 13.7. The Bertz CT molecular complexity index is 673. The number of halogens is 2. The fourth-order valence-corrected chi connectivity index (χ4v) is 5.07. The van der Waals surface area contributed by atoms with Crippen LogP contribution in [0.1, 0.15) is 30.7 Å². The quantitative estimate of drug-likeness (QED) is 0.830. The van der Waals surface area contributed by atoms with Gasteiger partial charge in [0.2, 0.25) is 0 Å². The summed E-state index contributed by atoms with van der Waals surface area (Å²) in [7, 11) is 0. The van der Waals surface area contributed by atoms with Crippen molar-refractivity contribution in [3.8, 4) is 0 Å². The van der Waals surface area contributed by atoms with Crippen molar-refractivity contribution >= 4 is 29.2 Å². The fraction of sp³-hybridized carbons (Fsp3) is 0.471. The van der Waals surface area contributed by atoms with Crippen LogP contribution in [-0.2, 0) is 4.79 Å². The second-order valence-corrected chi connectivity index (χ2v) is 7.38. The third kappa shape index (κ3) is 2.18. The lowest BCUT2D eigenvalue weighted by molar-refractivity contribution is -0.131. The van der Waals surface area contributed by atoms with Gasteiger partial charge in [-0.3, -0.25) is 4.90 Å². The van der Waals surface area contributed by atoms with Gasteiger partial charge in [0, 0.05) is 30.6 Å². The highest BCUT2D eigenvalue weighted by Crippen LogP contribution is 2.54. The van der Waals surface area contributed by atoms with E-state index in [2.05, 4.69) is 4.90 Å². The summed E-state index contributed by atoms with van der Waals surface area (Å²) in [5.74, 6) is -0.198. The molecule has 5 unspecified atom stereocenters. The molecule has 1 aromatic carbocycles. The van der Waals surface area contributed by atoms with Crippen LogP contribution in [0.2, 0.25) is 10.0 Å². The van der Waals surface area contributed by atoms with E-state index in [1.165, 1.54) is 24.5 Å². The first kappa shape index (κ1) is 14.6. The highest BCUT2D eigenvalue weighted by Gasteiger charge is 2.53. The Morgan fingerprint density at radius 2 is 2.09 bits per heavy atom. The van der Waals surface area contributed by atoms with Crippen molar-refractivity contribution in [2.24, 2.45) is 5.92 Å². The molecule has 5 heteroatoms. The van der Waals surface area contributed by atoms with Gasteiger partial charge in [-0.05, 0) is 48.4 Å². The normalized spacial score (nSPS) is 37.7. The van der Waals surface area contributed by atoms with E-state index in [4.69, 9.17) is 28.3 Å². The van der Waals surface area contributed by atoms with Gasteiger partial charge >= 0.3 is 5.97 Å². The van der Waals surface area contributed by atoms with E-state index in [1.54, 1.807) is 0 Å². The van der Waals surface area contributed by atoms with Crippen molar-refractivity contribution in [3.63, 3.8) is 0 Å². The van der Waals surface area contributed by atoms with Crippen molar-refractivity contribution < 1.29 is 9.90 Å². The van der Waals surface area contributed by atoms with Crippen LogP contribution in [0.5, 0.6) is 0 Å². The monoisotopic (exact) mass is 337 g/mol. The number of piperidine rings is 1. The second-order valence-electron chi connectivity index (χ2n) is 6.57. The van der Waals surface area contributed by atoms with E-state index in [9.17, 15) is 4.79 Å². The maximum atomic E-state index is 11.2. The lowest BCUT2D eigenvalue weighted by Crippen LogP contribution is -2.40. The van der Waals surface area contributed by atoms with Crippen LogP contribution in [0.25, 0.3) is 0 Å². The van der Waals surface area contributed by atoms with Crippen LogP contribution in [0.15, 0.2) is 29.8 Å². The number of hydrogen-bond acceptors (Lipinski definition) is 2. The molecule has 0 aliphatic carbocycles. The molecule has 3 heterocycles. The molecule has 3 aliphatic rings. The molecule has 0 aromatic heterocycles. The molecule has 0 spiro atoms. The molecule has 0 amide bonds. The zero-order valence-corrected chi connectivity index (χ0v) is 13.5. The first-order valence-corrected chi connectivity index (χ1v) is 8.44. The van der Waals surface area contributed by atoms with Gasteiger partial charge in [-0.25, -0.2) is 4.79 Å². The number of carbonyl (C=O) groups is 1. The standard InChI is InChI=1S/C17H17Cl2NO2/c18-13-3-1-9(5-14(13)19)12-7-11-2-4-15-17(12)10(6-16(21)22)8-20(11)15/h1,3,5-6,11-12,15,17H,2,4,7-8H2,(H,21,22).